The van der Waals surface area contributed by atoms with Gasteiger partial charge in [0, 0.05) is 25.1 Å². The van der Waals surface area contributed by atoms with Gasteiger partial charge in [-0.25, -0.2) is 0 Å². The summed E-state index contributed by atoms with van der Waals surface area (Å²) in [6, 6.07) is 16.8. The van der Waals surface area contributed by atoms with Gasteiger partial charge in [-0.05, 0) is 29.8 Å². The van der Waals surface area contributed by atoms with Crippen molar-refractivity contribution in [3.8, 4) is 5.75 Å². The summed E-state index contributed by atoms with van der Waals surface area (Å²) in [7, 11) is 1.61. The molecule has 2 amide bonds. The van der Waals surface area contributed by atoms with Crippen LogP contribution in [0, 0.1) is 0 Å². The van der Waals surface area contributed by atoms with Gasteiger partial charge < -0.3 is 15.0 Å². The first-order chi connectivity index (χ1) is 13.1. The fourth-order valence-electron chi connectivity index (χ4n) is 2.82. The number of nitrogens with zero attached hydrogens (tertiary/aromatic N) is 2. The molecule has 2 aromatic carbocycles. The Hall–Kier alpha value is -3.41. The molecular weight excluding hydrogens is 342 g/mol. The van der Waals surface area contributed by atoms with Gasteiger partial charge in [0.05, 0.1) is 18.3 Å². The Bertz CT molecular complexity index is 949. The summed E-state index contributed by atoms with van der Waals surface area (Å²) in [5.41, 5.74) is 2.27. The minimum Gasteiger partial charge on any atom is -0.497 e. The molecule has 0 aliphatic heterocycles. The van der Waals surface area contributed by atoms with Gasteiger partial charge in [-0.15, -0.1) is 0 Å². The molecule has 0 atom stereocenters. The molecule has 0 unspecified atom stereocenters. The van der Waals surface area contributed by atoms with Crippen LogP contribution in [-0.2, 0) is 16.1 Å². The first-order valence-electron chi connectivity index (χ1n) is 8.60. The molecule has 3 rings (SSSR count). The van der Waals surface area contributed by atoms with Gasteiger partial charge in [0.25, 0.3) is 0 Å². The molecule has 1 heterocycles. The number of benzene rings is 2. The number of ether oxygens (including phenoxy) is 1. The van der Waals surface area contributed by atoms with Crippen molar-refractivity contribution < 1.29 is 14.3 Å². The van der Waals surface area contributed by atoms with E-state index >= 15 is 0 Å². The molecule has 0 bridgehead atoms. The molecule has 27 heavy (non-hydrogen) atoms. The Morgan fingerprint density at radius 3 is 2.52 bits per heavy atom. The van der Waals surface area contributed by atoms with Crippen LogP contribution in [0.3, 0.4) is 0 Å². The number of hydrogen-bond acceptors (Lipinski definition) is 4. The monoisotopic (exact) mass is 363 g/mol. The van der Waals surface area contributed by atoms with Crippen LogP contribution in [0.4, 0.5) is 5.69 Å². The Morgan fingerprint density at radius 1 is 1.07 bits per heavy atom. The third-order valence-electron chi connectivity index (χ3n) is 4.23. The molecule has 0 saturated carbocycles. The Kier molecular flexibility index (Phi) is 5.66. The molecule has 6 heteroatoms. The maximum atomic E-state index is 12.4. The number of amides is 2. The molecule has 3 aromatic rings. The summed E-state index contributed by atoms with van der Waals surface area (Å²) >= 11 is 0. The van der Waals surface area contributed by atoms with Crippen molar-refractivity contribution in [2.75, 3.05) is 18.6 Å². The van der Waals surface area contributed by atoms with Crippen molar-refractivity contribution in [2.24, 2.45) is 0 Å². The fraction of sp³-hybridized carbons (Fsp3) is 0.190. The lowest BCUT2D eigenvalue weighted by Gasteiger charge is -2.22. The van der Waals surface area contributed by atoms with E-state index < -0.39 is 0 Å². The predicted octanol–water partition coefficient (Wildman–Crippen LogP) is 2.91. The first-order valence-corrected chi connectivity index (χ1v) is 8.60. The Morgan fingerprint density at radius 2 is 1.81 bits per heavy atom. The zero-order chi connectivity index (χ0) is 19.2. The smallest absolute Gasteiger partial charge is 0.240 e. The number of fused-ring (bicyclic) bond motifs is 1. The van der Waals surface area contributed by atoms with Crippen LogP contribution in [0.5, 0.6) is 5.75 Å². The molecule has 0 aliphatic rings. The van der Waals surface area contributed by atoms with Crippen molar-refractivity contribution in [3.63, 3.8) is 0 Å². The van der Waals surface area contributed by atoms with Gasteiger partial charge in [-0.3, -0.25) is 14.6 Å². The molecule has 6 nitrogen and oxygen atoms in total. The second kappa shape index (κ2) is 8.31. The summed E-state index contributed by atoms with van der Waals surface area (Å²) in [4.78, 5) is 30.4. The van der Waals surface area contributed by atoms with Crippen LogP contribution in [0.15, 0.2) is 60.8 Å². The minimum atomic E-state index is -0.242. The number of methoxy groups -OCH3 is 1. The van der Waals surface area contributed by atoms with Gasteiger partial charge >= 0.3 is 0 Å². The van der Waals surface area contributed by atoms with Gasteiger partial charge in [0.15, 0.2) is 0 Å². The largest absolute Gasteiger partial charge is 0.497 e. The molecule has 1 aromatic heterocycles. The number of anilines is 1. The standard InChI is InChI=1S/C21H21N3O3/c1-15(25)24(19-7-3-5-17-6-4-12-22-21(17)19)14-20(26)23-13-16-8-10-18(27-2)11-9-16/h3-12H,13-14H2,1-2H3,(H,23,26). The lowest BCUT2D eigenvalue weighted by Crippen LogP contribution is -2.39. The second-order valence-electron chi connectivity index (χ2n) is 6.08. The van der Waals surface area contributed by atoms with E-state index in [1.807, 2.05) is 48.5 Å². The summed E-state index contributed by atoms with van der Waals surface area (Å²) in [5.74, 6) is 0.304. The van der Waals surface area contributed by atoms with E-state index in [2.05, 4.69) is 10.3 Å². The lowest BCUT2D eigenvalue weighted by molar-refractivity contribution is -0.123. The highest BCUT2D eigenvalue weighted by Crippen LogP contribution is 2.24. The molecule has 1 N–H and O–H groups in total. The first kappa shape index (κ1) is 18.4. The maximum Gasteiger partial charge on any atom is 0.240 e. The average Bonchev–Trinajstić information content (AvgIpc) is 2.70. The van der Waals surface area contributed by atoms with E-state index in [-0.39, 0.29) is 18.4 Å². The van der Waals surface area contributed by atoms with E-state index in [1.165, 1.54) is 11.8 Å². The average molecular weight is 363 g/mol. The third-order valence-corrected chi connectivity index (χ3v) is 4.23. The minimum absolute atomic E-state index is 0.0683. The molecule has 138 valence electrons. The van der Waals surface area contributed by atoms with E-state index in [9.17, 15) is 9.59 Å². The van der Waals surface area contributed by atoms with Gasteiger partial charge in [-0.2, -0.15) is 0 Å². The Balaban J connectivity index is 1.72. The lowest BCUT2D eigenvalue weighted by atomic mass is 10.1. The molecule has 0 fully saturated rings. The third kappa shape index (κ3) is 4.41. The molecular formula is C21H21N3O3. The zero-order valence-electron chi connectivity index (χ0n) is 15.3. The second-order valence-corrected chi connectivity index (χ2v) is 6.08. The SMILES string of the molecule is COc1ccc(CNC(=O)CN(C(C)=O)c2cccc3cccnc23)cc1. The number of pyridine rings is 1. The van der Waals surface area contributed by atoms with Gasteiger partial charge in [-0.1, -0.05) is 30.3 Å². The van der Waals surface area contributed by atoms with Crippen molar-refractivity contribution in [2.45, 2.75) is 13.5 Å². The zero-order valence-corrected chi connectivity index (χ0v) is 15.3. The number of rotatable bonds is 6. The number of carbonyl (C=O) groups excluding carboxylic acids is 2. The summed E-state index contributed by atoms with van der Waals surface area (Å²) in [5, 5.41) is 3.76. The normalized spacial score (nSPS) is 10.4. The number of carbonyl (C=O) groups is 2. The molecule has 0 aliphatic carbocycles. The number of hydrogen-bond donors (Lipinski definition) is 1. The highest BCUT2D eigenvalue weighted by Gasteiger charge is 2.18. The van der Waals surface area contributed by atoms with Crippen LogP contribution >= 0.6 is 0 Å². The van der Waals surface area contributed by atoms with Gasteiger partial charge in [0.2, 0.25) is 11.8 Å². The van der Waals surface area contributed by atoms with E-state index in [1.54, 1.807) is 19.4 Å². The molecule has 0 spiro atoms. The number of para-hydroxylation sites is 1. The van der Waals surface area contributed by atoms with Crippen molar-refractivity contribution in [1.29, 1.82) is 0 Å². The summed E-state index contributed by atoms with van der Waals surface area (Å²) in [6.07, 6.45) is 1.67. The van der Waals surface area contributed by atoms with Crippen LogP contribution in [0.1, 0.15) is 12.5 Å². The van der Waals surface area contributed by atoms with E-state index in [0.717, 1.165) is 16.7 Å². The van der Waals surface area contributed by atoms with Gasteiger partial charge in [0.1, 0.15) is 12.3 Å². The Labute approximate surface area is 157 Å². The van der Waals surface area contributed by atoms with Crippen molar-refractivity contribution >= 4 is 28.4 Å². The highest BCUT2D eigenvalue weighted by atomic mass is 16.5. The van der Waals surface area contributed by atoms with Crippen LogP contribution in [0.2, 0.25) is 0 Å². The van der Waals surface area contributed by atoms with Crippen LogP contribution in [0.25, 0.3) is 10.9 Å². The molecule has 0 radical (unpaired) electrons. The molecule has 0 saturated heterocycles. The van der Waals surface area contributed by atoms with Crippen LogP contribution < -0.4 is 15.0 Å². The highest BCUT2D eigenvalue weighted by molar-refractivity contribution is 6.04. The quantitative estimate of drug-likeness (QED) is 0.731. The van der Waals surface area contributed by atoms with Crippen molar-refractivity contribution in [3.05, 3.63) is 66.4 Å². The van der Waals surface area contributed by atoms with Crippen molar-refractivity contribution in [1.82, 2.24) is 10.3 Å². The maximum absolute atomic E-state index is 12.4. The fourth-order valence-corrected chi connectivity index (χ4v) is 2.82. The summed E-state index contributed by atoms with van der Waals surface area (Å²) in [6.45, 7) is 1.75. The van der Waals surface area contributed by atoms with E-state index in [0.29, 0.717) is 17.7 Å². The van der Waals surface area contributed by atoms with Crippen LogP contribution in [-0.4, -0.2) is 30.5 Å². The van der Waals surface area contributed by atoms with E-state index in [4.69, 9.17) is 4.74 Å². The number of nitrogens with one attached hydrogen (secondary N) is 1. The number of aromatic nitrogens is 1. The topological polar surface area (TPSA) is 71.5 Å². The summed E-state index contributed by atoms with van der Waals surface area (Å²) < 4.78 is 5.12. The predicted molar refractivity (Wildman–Crippen MR) is 105 cm³/mol.